The summed E-state index contributed by atoms with van der Waals surface area (Å²) in [6.45, 7) is 7.01. The summed E-state index contributed by atoms with van der Waals surface area (Å²) in [6, 6.07) is 6.26. The van der Waals surface area contributed by atoms with Crippen molar-refractivity contribution < 1.29 is 9.32 Å². The number of aromatic nitrogens is 2. The van der Waals surface area contributed by atoms with Crippen molar-refractivity contribution in [3.05, 3.63) is 47.1 Å². The molecule has 2 bridgehead atoms. The summed E-state index contributed by atoms with van der Waals surface area (Å²) >= 11 is 0. The average molecular weight is 340 g/mol. The smallest absolute Gasteiger partial charge is 0.227 e. The number of carbonyl (C=O) groups excluding carboxylic acids is 1. The molecular weight excluding hydrogens is 316 g/mol. The molecule has 0 aliphatic carbocycles. The first kappa shape index (κ1) is 16.3. The van der Waals surface area contributed by atoms with Gasteiger partial charge in [0, 0.05) is 37.4 Å². The first-order valence-corrected chi connectivity index (χ1v) is 8.96. The Labute approximate surface area is 147 Å². The Hall–Kier alpha value is -2.21. The van der Waals surface area contributed by atoms with Crippen molar-refractivity contribution in [3.8, 4) is 0 Å². The maximum absolute atomic E-state index is 13.0. The molecule has 6 nitrogen and oxygen atoms in total. The monoisotopic (exact) mass is 340 g/mol. The number of carbonyl (C=O) groups is 1. The Morgan fingerprint density at radius 3 is 2.80 bits per heavy atom. The summed E-state index contributed by atoms with van der Waals surface area (Å²) in [5, 5.41) is 4.03. The molecule has 2 atom stereocenters. The van der Waals surface area contributed by atoms with Crippen LogP contribution in [-0.2, 0) is 17.9 Å². The van der Waals surface area contributed by atoms with Gasteiger partial charge < -0.3 is 9.42 Å². The van der Waals surface area contributed by atoms with Gasteiger partial charge in [-0.05, 0) is 38.8 Å². The summed E-state index contributed by atoms with van der Waals surface area (Å²) in [5.41, 5.74) is 3.00. The molecule has 5 heterocycles. The van der Waals surface area contributed by atoms with Gasteiger partial charge in [-0.1, -0.05) is 11.2 Å². The van der Waals surface area contributed by atoms with Crippen LogP contribution in [0.2, 0.25) is 0 Å². The predicted molar refractivity (Wildman–Crippen MR) is 92.6 cm³/mol. The Morgan fingerprint density at radius 1 is 1.20 bits per heavy atom. The molecule has 2 aromatic rings. The molecule has 3 fully saturated rings. The lowest BCUT2D eigenvalue weighted by molar-refractivity contribution is -0.140. The number of piperidine rings is 1. The fourth-order valence-corrected chi connectivity index (χ4v) is 4.09. The van der Waals surface area contributed by atoms with Crippen molar-refractivity contribution in [2.75, 3.05) is 13.1 Å². The molecule has 0 unspecified atom stereocenters. The third kappa shape index (κ3) is 3.18. The highest BCUT2D eigenvalue weighted by molar-refractivity contribution is 5.80. The van der Waals surface area contributed by atoms with E-state index >= 15 is 0 Å². The van der Waals surface area contributed by atoms with Crippen molar-refractivity contribution in [3.63, 3.8) is 0 Å². The minimum Gasteiger partial charge on any atom is -0.361 e. The van der Waals surface area contributed by atoms with Gasteiger partial charge in [-0.3, -0.25) is 14.7 Å². The van der Waals surface area contributed by atoms with Crippen molar-refractivity contribution in [1.82, 2.24) is 19.9 Å². The maximum atomic E-state index is 13.0. The van der Waals surface area contributed by atoms with Gasteiger partial charge in [-0.15, -0.1) is 0 Å². The number of hydrogen-bond acceptors (Lipinski definition) is 5. The quantitative estimate of drug-likeness (QED) is 0.855. The van der Waals surface area contributed by atoms with Crippen LogP contribution in [0.15, 0.2) is 28.9 Å². The lowest BCUT2D eigenvalue weighted by Crippen LogP contribution is -2.47. The predicted octanol–water partition coefficient (Wildman–Crippen LogP) is 2.31. The van der Waals surface area contributed by atoms with E-state index in [0.717, 1.165) is 55.2 Å². The van der Waals surface area contributed by atoms with Crippen LogP contribution in [-0.4, -0.2) is 45.0 Å². The van der Waals surface area contributed by atoms with Gasteiger partial charge in [-0.25, -0.2) is 0 Å². The van der Waals surface area contributed by atoms with Gasteiger partial charge in [0.15, 0.2) is 0 Å². The van der Waals surface area contributed by atoms with Gasteiger partial charge in [0.05, 0.1) is 23.9 Å². The van der Waals surface area contributed by atoms with E-state index in [1.807, 2.05) is 32.2 Å². The largest absolute Gasteiger partial charge is 0.361 e. The van der Waals surface area contributed by atoms with Crippen molar-refractivity contribution in [2.24, 2.45) is 5.92 Å². The van der Waals surface area contributed by atoms with E-state index in [1.165, 1.54) is 0 Å². The van der Waals surface area contributed by atoms with Gasteiger partial charge >= 0.3 is 0 Å². The van der Waals surface area contributed by atoms with E-state index in [0.29, 0.717) is 6.54 Å². The van der Waals surface area contributed by atoms with Crippen LogP contribution >= 0.6 is 0 Å². The summed E-state index contributed by atoms with van der Waals surface area (Å²) in [5.74, 6) is 1.18. The summed E-state index contributed by atoms with van der Waals surface area (Å²) in [4.78, 5) is 21.9. The Bertz CT molecular complexity index is 739. The molecule has 0 radical (unpaired) electrons. The van der Waals surface area contributed by atoms with Crippen LogP contribution in [0, 0.1) is 19.8 Å². The zero-order chi connectivity index (χ0) is 17.4. The van der Waals surface area contributed by atoms with E-state index in [9.17, 15) is 4.79 Å². The van der Waals surface area contributed by atoms with Crippen molar-refractivity contribution in [1.29, 1.82) is 0 Å². The highest BCUT2D eigenvalue weighted by Gasteiger charge is 2.41. The first-order valence-electron chi connectivity index (χ1n) is 8.96. The van der Waals surface area contributed by atoms with Gasteiger partial charge in [0.2, 0.25) is 5.91 Å². The lowest BCUT2D eigenvalue weighted by Gasteiger charge is -2.36. The second-order valence-electron chi connectivity index (χ2n) is 7.21. The number of fused-ring (bicyclic) bond motifs is 4. The molecule has 3 aliphatic rings. The van der Waals surface area contributed by atoms with Crippen LogP contribution in [0.1, 0.15) is 35.6 Å². The Balaban J connectivity index is 1.53. The standard InChI is InChI=1S/C19H24N4O2/c1-13-18(14(2)25-21-13)12-23-17-7-6-15(19(23)24)9-22(11-17)10-16-5-3-4-8-20-16/h3-5,8,15,17H,6-7,9-12H2,1-2H3/t15-,17+/m0/s1. The molecule has 0 N–H and O–H groups in total. The van der Waals surface area contributed by atoms with Gasteiger partial charge in [0.1, 0.15) is 5.76 Å². The number of hydrogen-bond donors (Lipinski definition) is 0. The third-order valence-corrected chi connectivity index (χ3v) is 5.49. The van der Waals surface area contributed by atoms with Crippen molar-refractivity contribution in [2.45, 2.75) is 45.8 Å². The van der Waals surface area contributed by atoms with Gasteiger partial charge in [-0.2, -0.15) is 0 Å². The molecule has 6 heteroatoms. The van der Waals surface area contributed by atoms with E-state index in [4.69, 9.17) is 4.52 Å². The average Bonchev–Trinajstić information content (AvgIpc) is 2.77. The molecule has 0 aromatic carbocycles. The molecule has 132 valence electrons. The molecule has 0 spiro atoms. The van der Waals surface area contributed by atoms with Crippen molar-refractivity contribution >= 4 is 5.91 Å². The van der Waals surface area contributed by atoms with Gasteiger partial charge in [0.25, 0.3) is 0 Å². The zero-order valence-corrected chi connectivity index (χ0v) is 14.8. The number of nitrogens with zero attached hydrogens (tertiary/aromatic N) is 4. The van der Waals surface area contributed by atoms with E-state index < -0.39 is 0 Å². The van der Waals surface area contributed by atoms with E-state index in [1.54, 1.807) is 0 Å². The summed E-state index contributed by atoms with van der Waals surface area (Å²) in [6.07, 6.45) is 3.88. The zero-order valence-electron chi connectivity index (χ0n) is 14.8. The maximum Gasteiger partial charge on any atom is 0.227 e. The topological polar surface area (TPSA) is 62.5 Å². The molecule has 2 aromatic heterocycles. The fraction of sp³-hybridized carbons (Fsp3) is 0.526. The second kappa shape index (κ2) is 6.59. The molecular formula is C19H24N4O2. The number of aryl methyl sites for hydroxylation is 2. The first-order chi connectivity index (χ1) is 12.1. The number of rotatable bonds is 4. The highest BCUT2D eigenvalue weighted by atomic mass is 16.5. The molecule has 1 amide bonds. The second-order valence-corrected chi connectivity index (χ2v) is 7.21. The van der Waals surface area contributed by atoms with Crippen LogP contribution < -0.4 is 0 Å². The van der Waals surface area contributed by atoms with Crippen LogP contribution in [0.3, 0.4) is 0 Å². The highest BCUT2D eigenvalue weighted by Crippen LogP contribution is 2.31. The molecule has 25 heavy (non-hydrogen) atoms. The van der Waals surface area contributed by atoms with Crippen LogP contribution in [0.25, 0.3) is 0 Å². The van der Waals surface area contributed by atoms with Crippen LogP contribution in [0.4, 0.5) is 0 Å². The molecule has 0 saturated carbocycles. The third-order valence-electron chi connectivity index (χ3n) is 5.49. The minimum atomic E-state index is 0.0861. The molecule has 5 rings (SSSR count). The van der Waals surface area contributed by atoms with Crippen LogP contribution in [0.5, 0.6) is 0 Å². The Morgan fingerprint density at radius 2 is 2.08 bits per heavy atom. The number of amides is 1. The molecule has 3 aliphatic heterocycles. The van der Waals surface area contributed by atoms with E-state index in [-0.39, 0.29) is 17.9 Å². The normalized spacial score (nSPS) is 23.9. The van der Waals surface area contributed by atoms with E-state index in [2.05, 4.69) is 26.0 Å². The Kier molecular flexibility index (Phi) is 4.29. The summed E-state index contributed by atoms with van der Waals surface area (Å²) < 4.78 is 5.28. The lowest BCUT2D eigenvalue weighted by atomic mass is 9.93. The number of pyridine rings is 1. The SMILES string of the molecule is Cc1noc(C)c1CN1C(=O)[C@H]2CC[C@@H]1CN(Cc1ccccn1)C2. The fourth-order valence-electron chi connectivity index (χ4n) is 4.09. The summed E-state index contributed by atoms with van der Waals surface area (Å²) in [7, 11) is 0. The molecule has 3 saturated heterocycles. The minimum absolute atomic E-state index is 0.0861.